The monoisotopic (exact) mass is 417 g/mol. The number of guanidine groups is 1. The largest absolute Gasteiger partial charge is 0.357 e. The van der Waals surface area contributed by atoms with Gasteiger partial charge in [0.1, 0.15) is 0 Å². The molecule has 1 aliphatic rings. The second-order valence-electron chi connectivity index (χ2n) is 7.80. The molecule has 1 atom stereocenters. The lowest BCUT2D eigenvalue weighted by Crippen LogP contribution is -2.44. The molecular formula is C24H31N7. The van der Waals surface area contributed by atoms with Crippen LogP contribution in [0.4, 0.5) is 0 Å². The zero-order valence-corrected chi connectivity index (χ0v) is 18.1. The van der Waals surface area contributed by atoms with Gasteiger partial charge in [0, 0.05) is 44.3 Å². The Hall–Kier alpha value is -3.19. The molecule has 1 unspecified atom stereocenters. The van der Waals surface area contributed by atoms with Gasteiger partial charge in [-0.15, -0.1) is 0 Å². The molecule has 7 heteroatoms. The van der Waals surface area contributed by atoms with Crippen molar-refractivity contribution in [1.29, 1.82) is 0 Å². The molecule has 3 aromatic rings. The fourth-order valence-electron chi connectivity index (χ4n) is 3.97. The highest BCUT2D eigenvalue weighted by Gasteiger charge is 2.24. The molecule has 4 rings (SSSR count). The van der Waals surface area contributed by atoms with E-state index in [-0.39, 0.29) is 0 Å². The van der Waals surface area contributed by atoms with Crippen LogP contribution < -0.4 is 10.6 Å². The van der Waals surface area contributed by atoms with Crippen LogP contribution in [0.1, 0.15) is 30.9 Å². The molecule has 0 amide bonds. The smallest absolute Gasteiger partial charge is 0.191 e. The van der Waals surface area contributed by atoms with Crippen LogP contribution in [0.5, 0.6) is 0 Å². The van der Waals surface area contributed by atoms with E-state index in [1.54, 1.807) is 10.9 Å². The van der Waals surface area contributed by atoms with Gasteiger partial charge in [-0.1, -0.05) is 30.3 Å². The minimum absolute atomic E-state index is 0.524. The van der Waals surface area contributed by atoms with E-state index < -0.39 is 0 Å². The van der Waals surface area contributed by atoms with Gasteiger partial charge in [-0.2, -0.15) is 5.10 Å². The zero-order valence-electron chi connectivity index (χ0n) is 18.1. The summed E-state index contributed by atoms with van der Waals surface area (Å²) in [5.74, 6) is 1.66. The van der Waals surface area contributed by atoms with Gasteiger partial charge in [0.25, 0.3) is 0 Å². The molecule has 31 heavy (non-hydrogen) atoms. The van der Waals surface area contributed by atoms with E-state index in [0.29, 0.717) is 12.6 Å². The summed E-state index contributed by atoms with van der Waals surface area (Å²) in [6.07, 6.45) is 7.92. The fourth-order valence-corrected chi connectivity index (χ4v) is 3.97. The number of nitrogens with one attached hydrogen (secondary N) is 2. The van der Waals surface area contributed by atoms with E-state index >= 15 is 0 Å². The number of hydrogen-bond acceptors (Lipinski definition) is 4. The number of likely N-dealkylation sites (tertiary alicyclic amines) is 1. The number of rotatable bonds is 8. The maximum Gasteiger partial charge on any atom is 0.191 e. The zero-order chi connectivity index (χ0) is 21.3. The van der Waals surface area contributed by atoms with Crippen molar-refractivity contribution >= 4 is 5.96 Å². The standard InChI is InChI=1S/C24H31N7/c1-2-25-24(27-17-21-11-13-26-23(16-21)31-15-7-12-29-31)28-18-22-10-6-14-30(22)19-20-8-4-3-5-9-20/h3-5,7-9,11-13,15-16,22H,2,6,10,14,17-19H2,1H3,(H2,25,27,28). The number of nitrogens with zero attached hydrogens (tertiary/aromatic N) is 5. The summed E-state index contributed by atoms with van der Waals surface area (Å²) in [6.45, 7) is 6.57. The Bertz CT molecular complexity index is 953. The topological polar surface area (TPSA) is 70.4 Å². The molecule has 1 fully saturated rings. The van der Waals surface area contributed by atoms with Crippen LogP contribution in [0.15, 0.2) is 72.1 Å². The van der Waals surface area contributed by atoms with E-state index in [1.165, 1.54) is 18.4 Å². The Morgan fingerprint density at radius 1 is 1.10 bits per heavy atom. The average molecular weight is 418 g/mol. The predicted octanol–water partition coefficient (Wildman–Crippen LogP) is 2.99. The van der Waals surface area contributed by atoms with Crippen molar-refractivity contribution in [3.63, 3.8) is 0 Å². The molecular weight excluding hydrogens is 386 g/mol. The first-order chi connectivity index (χ1) is 15.3. The number of benzene rings is 1. The Balaban J connectivity index is 1.35. The molecule has 0 saturated carbocycles. The third-order valence-electron chi connectivity index (χ3n) is 5.55. The van der Waals surface area contributed by atoms with Gasteiger partial charge in [-0.05, 0) is 55.6 Å². The van der Waals surface area contributed by atoms with Crippen molar-refractivity contribution < 1.29 is 0 Å². The molecule has 7 nitrogen and oxygen atoms in total. The molecule has 2 N–H and O–H groups in total. The molecule has 0 bridgehead atoms. The van der Waals surface area contributed by atoms with E-state index in [0.717, 1.165) is 43.5 Å². The van der Waals surface area contributed by atoms with Crippen LogP contribution in [-0.4, -0.2) is 51.3 Å². The van der Waals surface area contributed by atoms with Gasteiger partial charge in [0.05, 0.1) is 6.54 Å². The van der Waals surface area contributed by atoms with E-state index in [1.807, 2.05) is 30.6 Å². The molecule has 0 radical (unpaired) electrons. The van der Waals surface area contributed by atoms with Crippen molar-refractivity contribution in [2.24, 2.45) is 4.99 Å². The molecule has 3 heterocycles. The minimum atomic E-state index is 0.524. The van der Waals surface area contributed by atoms with Crippen molar-refractivity contribution in [2.75, 3.05) is 19.6 Å². The Morgan fingerprint density at radius 2 is 2.00 bits per heavy atom. The summed E-state index contributed by atoms with van der Waals surface area (Å²) >= 11 is 0. The Morgan fingerprint density at radius 3 is 2.81 bits per heavy atom. The van der Waals surface area contributed by atoms with Gasteiger partial charge >= 0.3 is 0 Å². The summed E-state index contributed by atoms with van der Waals surface area (Å²) in [7, 11) is 0. The molecule has 1 saturated heterocycles. The van der Waals surface area contributed by atoms with Crippen molar-refractivity contribution in [3.05, 3.63) is 78.2 Å². The van der Waals surface area contributed by atoms with Crippen LogP contribution in [-0.2, 0) is 13.1 Å². The first-order valence-corrected chi connectivity index (χ1v) is 11.1. The Labute approximate surface area is 184 Å². The van der Waals surface area contributed by atoms with Gasteiger partial charge in [0.15, 0.2) is 11.8 Å². The molecule has 0 spiro atoms. The van der Waals surface area contributed by atoms with Gasteiger partial charge < -0.3 is 10.6 Å². The van der Waals surface area contributed by atoms with Crippen LogP contribution in [0, 0.1) is 0 Å². The summed E-state index contributed by atoms with van der Waals surface area (Å²) in [6, 6.07) is 17.2. The maximum absolute atomic E-state index is 4.79. The quantitative estimate of drug-likeness (QED) is 0.436. The van der Waals surface area contributed by atoms with Crippen molar-refractivity contribution in [2.45, 2.75) is 38.9 Å². The lowest BCUT2D eigenvalue weighted by Gasteiger charge is -2.25. The highest BCUT2D eigenvalue weighted by Crippen LogP contribution is 2.19. The van der Waals surface area contributed by atoms with Gasteiger partial charge in [-0.3, -0.25) is 4.90 Å². The van der Waals surface area contributed by atoms with Crippen LogP contribution in [0.2, 0.25) is 0 Å². The normalized spacial score (nSPS) is 17.1. The highest BCUT2D eigenvalue weighted by atomic mass is 15.3. The molecule has 162 valence electrons. The first-order valence-electron chi connectivity index (χ1n) is 11.1. The third-order valence-corrected chi connectivity index (χ3v) is 5.55. The minimum Gasteiger partial charge on any atom is -0.357 e. The number of aromatic nitrogens is 3. The fraction of sp³-hybridized carbons (Fsp3) is 0.375. The highest BCUT2D eigenvalue weighted by molar-refractivity contribution is 5.79. The molecule has 2 aromatic heterocycles. The van der Waals surface area contributed by atoms with Crippen LogP contribution >= 0.6 is 0 Å². The van der Waals surface area contributed by atoms with E-state index in [2.05, 4.69) is 62.9 Å². The third kappa shape index (κ3) is 5.92. The second-order valence-corrected chi connectivity index (χ2v) is 7.80. The lowest BCUT2D eigenvalue weighted by atomic mass is 10.2. The number of pyridine rings is 1. The molecule has 1 aromatic carbocycles. The van der Waals surface area contributed by atoms with Gasteiger partial charge in [0.2, 0.25) is 0 Å². The molecule has 1 aliphatic heterocycles. The van der Waals surface area contributed by atoms with E-state index in [4.69, 9.17) is 4.99 Å². The predicted molar refractivity (Wildman–Crippen MR) is 124 cm³/mol. The summed E-state index contributed by atoms with van der Waals surface area (Å²) < 4.78 is 1.76. The Kier molecular flexibility index (Phi) is 7.28. The number of hydrogen-bond donors (Lipinski definition) is 2. The summed E-state index contributed by atoms with van der Waals surface area (Å²) in [5.41, 5.74) is 2.48. The van der Waals surface area contributed by atoms with Crippen LogP contribution in [0.3, 0.4) is 0 Å². The van der Waals surface area contributed by atoms with Crippen molar-refractivity contribution in [1.82, 2.24) is 30.3 Å². The average Bonchev–Trinajstić information content (AvgIpc) is 3.49. The maximum atomic E-state index is 4.79. The van der Waals surface area contributed by atoms with Crippen molar-refractivity contribution in [3.8, 4) is 5.82 Å². The van der Waals surface area contributed by atoms with Crippen LogP contribution in [0.25, 0.3) is 5.82 Å². The lowest BCUT2D eigenvalue weighted by molar-refractivity contribution is 0.245. The van der Waals surface area contributed by atoms with Gasteiger partial charge in [-0.25, -0.2) is 14.7 Å². The SMILES string of the molecule is CCNC(=NCc1ccnc(-n2cccn2)c1)NCC1CCCN1Cc1ccccc1. The molecule has 0 aliphatic carbocycles. The summed E-state index contributed by atoms with van der Waals surface area (Å²) in [5, 5.41) is 11.2. The first kappa shape index (κ1) is 21.1. The number of aliphatic imine (C=N–C) groups is 1. The summed E-state index contributed by atoms with van der Waals surface area (Å²) in [4.78, 5) is 11.8. The second kappa shape index (κ2) is 10.7. The van der Waals surface area contributed by atoms with E-state index in [9.17, 15) is 0 Å².